The van der Waals surface area contributed by atoms with Gasteiger partial charge < -0.3 is 9.47 Å². The molecule has 1 N–H and O–H groups in total. The van der Waals surface area contributed by atoms with Gasteiger partial charge in [0.15, 0.2) is 5.60 Å². The lowest BCUT2D eigenvalue weighted by Gasteiger charge is -2.28. The minimum Gasteiger partial charge on any atom is -0.377 e. The summed E-state index contributed by atoms with van der Waals surface area (Å²) >= 11 is 0. The van der Waals surface area contributed by atoms with Gasteiger partial charge in [0.2, 0.25) is 10.0 Å². The Kier molecular flexibility index (Phi) is 5.78. The highest BCUT2D eigenvalue weighted by Gasteiger charge is 2.38. The first-order valence-corrected chi connectivity index (χ1v) is 9.30. The second kappa shape index (κ2) is 7.42. The van der Waals surface area contributed by atoms with Crippen LogP contribution in [0.3, 0.4) is 0 Å². The quantitative estimate of drug-likeness (QED) is 0.849. The standard InChI is InChI=1S/C16H23NO5S/c1-16(21-2,13-8-4-3-5-9-13)15(18)17-23(19,20)12-14-10-6-7-11-22-14/h3-5,8-9,14H,6-7,10-12H2,1-2H3,(H,17,18)/t14-,16+/m1/s1. The van der Waals surface area contributed by atoms with Crippen LogP contribution in [0.15, 0.2) is 30.3 Å². The van der Waals surface area contributed by atoms with Gasteiger partial charge in [0.25, 0.3) is 5.91 Å². The highest BCUT2D eigenvalue weighted by atomic mass is 32.2. The number of methoxy groups -OCH3 is 1. The van der Waals surface area contributed by atoms with Gasteiger partial charge >= 0.3 is 0 Å². The lowest BCUT2D eigenvalue weighted by molar-refractivity contribution is -0.140. The molecule has 1 aliphatic heterocycles. The molecule has 0 aliphatic carbocycles. The zero-order chi connectivity index (χ0) is 16.9. The number of hydrogen-bond donors (Lipinski definition) is 1. The molecule has 1 aromatic rings. The van der Waals surface area contributed by atoms with Crippen LogP contribution < -0.4 is 4.72 Å². The maximum Gasteiger partial charge on any atom is 0.270 e. The SMILES string of the molecule is CO[C@](C)(C(=O)NS(=O)(=O)C[C@H]1CCCCO1)c1ccccc1. The summed E-state index contributed by atoms with van der Waals surface area (Å²) < 4.78 is 37.3. The van der Waals surface area contributed by atoms with Crippen molar-refractivity contribution in [3.05, 3.63) is 35.9 Å². The molecule has 1 aromatic carbocycles. The molecule has 0 saturated carbocycles. The van der Waals surface area contributed by atoms with Crippen molar-refractivity contribution in [2.75, 3.05) is 19.5 Å². The third-order valence-electron chi connectivity index (χ3n) is 4.09. The molecule has 0 unspecified atom stereocenters. The first-order valence-electron chi connectivity index (χ1n) is 7.64. The van der Waals surface area contributed by atoms with E-state index in [9.17, 15) is 13.2 Å². The zero-order valence-electron chi connectivity index (χ0n) is 13.4. The number of rotatable bonds is 6. The first kappa shape index (κ1) is 17.9. The number of nitrogens with one attached hydrogen (secondary N) is 1. The molecule has 2 atom stereocenters. The molecular formula is C16H23NO5S. The number of carbonyl (C=O) groups is 1. The molecule has 1 heterocycles. The Bertz CT molecular complexity index is 625. The summed E-state index contributed by atoms with van der Waals surface area (Å²) in [5, 5.41) is 0. The van der Waals surface area contributed by atoms with Gasteiger partial charge in [-0.2, -0.15) is 0 Å². The third kappa shape index (κ3) is 4.53. The van der Waals surface area contributed by atoms with Crippen molar-refractivity contribution in [3.63, 3.8) is 0 Å². The fourth-order valence-corrected chi connectivity index (χ4v) is 3.87. The van der Waals surface area contributed by atoms with Gasteiger partial charge in [-0.3, -0.25) is 9.52 Å². The van der Waals surface area contributed by atoms with Crippen LogP contribution in [0.5, 0.6) is 0 Å². The summed E-state index contributed by atoms with van der Waals surface area (Å²) in [7, 11) is -2.41. The molecule has 7 heteroatoms. The molecule has 23 heavy (non-hydrogen) atoms. The van der Waals surface area contributed by atoms with E-state index in [-0.39, 0.29) is 11.9 Å². The topological polar surface area (TPSA) is 81.7 Å². The predicted molar refractivity (Wildman–Crippen MR) is 86.3 cm³/mol. The predicted octanol–water partition coefficient (Wildman–Crippen LogP) is 1.56. The van der Waals surface area contributed by atoms with Crippen molar-refractivity contribution in [3.8, 4) is 0 Å². The summed E-state index contributed by atoms with van der Waals surface area (Å²) in [6.07, 6.45) is 2.21. The van der Waals surface area contributed by atoms with E-state index >= 15 is 0 Å². The summed E-state index contributed by atoms with van der Waals surface area (Å²) in [6, 6.07) is 8.79. The summed E-state index contributed by atoms with van der Waals surface area (Å²) in [5.74, 6) is -0.921. The molecule has 2 rings (SSSR count). The van der Waals surface area contributed by atoms with Crippen LogP contribution in [-0.4, -0.2) is 39.9 Å². The number of hydrogen-bond acceptors (Lipinski definition) is 5. The van der Waals surface area contributed by atoms with Gasteiger partial charge in [-0.05, 0) is 31.7 Å². The number of carbonyl (C=O) groups excluding carboxylic acids is 1. The van der Waals surface area contributed by atoms with E-state index in [1.54, 1.807) is 31.2 Å². The van der Waals surface area contributed by atoms with Crippen molar-refractivity contribution in [2.45, 2.75) is 37.9 Å². The molecule has 1 amide bonds. The Hall–Kier alpha value is -1.44. The minimum atomic E-state index is -3.79. The largest absolute Gasteiger partial charge is 0.377 e. The average molecular weight is 341 g/mol. The van der Waals surface area contributed by atoms with Crippen molar-refractivity contribution >= 4 is 15.9 Å². The molecule has 0 aromatic heterocycles. The molecule has 1 fully saturated rings. The molecule has 1 saturated heterocycles. The van der Waals surface area contributed by atoms with Crippen molar-refractivity contribution < 1.29 is 22.7 Å². The van der Waals surface area contributed by atoms with Crippen LogP contribution >= 0.6 is 0 Å². The molecular weight excluding hydrogens is 318 g/mol. The minimum absolute atomic E-state index is 0.215. The van der Waals surface area contributed by atoms with Crippen LogP contribution in [0.1, 0.15) is 31.7 Å². The van der Waals surface area contributed by atoms with E-state index in [1.165, 1.54) is 7.11 Å². The van der Waals surface area contributed by atoms with E-state index in [0.717, 1.165) is 12.8 Å². The van der Waals surface area contributed by atoms with Crippen molar-refractivity contribution in [1.29, 1.82) is 0 Å². The second-order valence-corrected chi connectivity index (χ2v) is 7.57. The Labute approximate surface area is 137 Å². The highest BCUT2D eigenvalue weighted by molar-refractivity contribution is 7.90. The van der Waals surface area contributed by atoms with Crippen molar-refractivity contribution in [1.82, 2.24) is 4.72 Å². The van der Waals surface area contributed by atoms with Crippen molar-refractivity contribution in [2.24, 2.45) is 0 Å². The van der Waals surface area contributed by atoms with E-state index in [1.807, 2.05) is 6.07 Å². The lowest BCUT2D eigenvalue weighted by Crippen LogP contribution is -2.48. The van der Waals surface area contributed by atoms with Gasteiger partial charge in [-0.15, -0.1) is 0 Å². The van der Waals surface area contributed by atoms with E-state index in [0.29, 0.717) is 18.6 Å². The Morgan fingerprint density at radius 3 is 2.61 bits per heavy atom. The molecule has 1 aliphatic rings. The Balaban J connectivity index is 2.09. The smallest absolute Gasteiger partial charge is 0.270 e. The monoisotopic (exact) mass is 341 g/mol. The maximum absolute atomic E-state index is 12.5. The summed E-state index contributed by atoms with van der Waals surface area (Å²) in [4.78, 5) is 12.5. The van der Waals surface area contributed by atoms with Gasteiger partial charge in [-0.25, -0.2) is 8.42 Å². The third-order valence-corrected chi connectivity index (χ3v) is 5.40. The average Bonchev–Trinajstić information content (AvgIpc) is 2.54. The maximum atomic E-state index is 12.5. The molecule has 128 valence electrons. The number of ether oxygens (including phenoxy) is 2. The van der Waals surface area contributed by atoms with Crippen LogP contribution in [0.2, 0.25) is 0 Å². The molecule has 6 nitrogen and oxygen atoms in total. The molecule has 0 radical (unpaired) electrons. The Morgan fingerprint density at radius 1 is 1.35 bits per heavy atom. The summed E-state index contributed by atoms with van der Waals surface area (Å²) in [6.45, 7) is 2.11. The Morgan fingerprint density at radius 2 is 2.04 bits per heavy atom. The second-order valence-electron chi connectivity index (χ2n) is 5.80. The van der Waals surface area contributed by atoms with Crippen LogP contribution in [0.4, 0.5) is 0 Å². The molecule has 0 bridgehead atoms. The first-order chi connectivity index (χ1) is 10.9. The van der Waals surface area contributed by atoms with Crippen LogP contribution in [0, 0.1) is 0 Å². The number of sulfonamides is 1. The van der Waals surface area contributed by atoms with Crippen LogP contribution in [0.25, 0.3) is 0 Å². The lowest BCUT2D eigenvalue weighted by atomic mass is 9.95. The van der Waals surface area contributed by atoms with Crippen LogP contribution in [-0.2, 0) is 29.9 Å². The molecule has 0 spiro atoms. The van der Waals surface area contributed by atoms with Gasteiger partial charge in [0, 0.05) is 13.7 Å². The van der Waals surface area contributed by atoms with Gasteiger partial charge in [0.1, 0.15) is 0 Å². The number of benzene rings is 1. The summed E-state index contributed by atoms with van der Waals surface area (Å²) in [5.41, 5.74) is -0.786. The van der Waals surface area contributed by atoms with Gasteiger partial charge in [-0.1, -0.05) is 30.3 Å². The normalized spacial score (nSPS) is 21.4. The van der Waals surface area contributed by atoms with E-state index in [2.05, 4.69) is 4.72 Å². The zero-order valence-corrected chi connectivity index (χ0v) is 14.3. The van der Waals surface area contributed by atoms with E-state index in [4.69, 9.17) is 9.47 Å². The fraction of sp³-hybridized carbons (Fsp3) is 0.562. The fourth-order valence-electron chi connectivity index (χ4n) is 2.56. The van der Waals surface area contributed by atoms with E-state index < -0.39 is 21.5 Å². The number of amides is 1. The highest BCUT2D eigenvalue weighted by Crippen LogP contribution is 2.25. The van der Waals surface area contributed by atoms with Gasteiger partial charge in [0.05, 0.1) is 11.9 Å².